The van der Waals surface area contributed by atoms with Gasteiger partial charge in [0.2, 0.25) is 5.91 Å². The molecule has 5 fully saturated rings. The Morgan fingerprint density at radius 2 is 0.855 bits per heavy atom. The Balaban J connectivity index is 0.000000169. The summed E-state index contributed by atoms with van der Waals surface area (Å²) < 4.78 is 10.8. The average molecular weight is 1150 g/mol. The Hall–Kier alpha value is -8.59. The zero-order valence-electron chi connectivity index (χ0n) is 49.4. The summed E-state index contributed by atoms with van der Waals surface area (Å²) in [5.74, 6) is 6.06. The van der Waals surface area contributed by atoms with Crippen molar-refractivity contribution in [3.05, 3.63) is 60.7 Å². The Bertz CT molecular complexity index is 2650. The van der Waals surface area contributed by atoms with E-state index in [0.29, 0.717) is 99.3 Å². The zero-order chi connectivity index (χ0) is 60.1. The van der Waals surface area contributed by atoms with Crippen LogP contribution < -0.4 is 59.3 Å². The Morgan fingerprint density at radius 3 is 1.18 bits per heavy atom. The van der Waals surface area contributed by atoms with E-state index in [1.54, 1.807) is 46.2 Å². The van der Waals surface area contributed by atoms with E-state index in [-0.39, 0.29) is 30.2 Å². The van der Waals surface area contributed by atoms with Crippen LogP contribution in [0.25, 0.3) is 0 Å². The number of carbonyl (C=O) groups excluding carboxylic acids is 3. The van der Waals surface area contributed by atoms with E-state index in [0.717, 1.165) is 29.8 Å². The molecule has 83 heavy (non-hydrogen) atoms. The van der Waals surface area contributed by atoms with Crippen molar-refractivity contribution < 1.29 is 23.9 Å². The van der Waals surface area contributed by atoms with Crippen molar-refractivity contribution in [3.63, 3.8) is 0 Å². The van der Waals surface area contributed by atoms with Crippen LogP contribution in [0.5, 0.6) is 0 Å². The molecular formula is C55H87N23O5. The first-order valence-corrected chi connectivity index (χ1v) is 28.5. The summed E-state index contributed by atoms with van der Waals surface area (Å²) in [5, 5.41) is 48.6. The van der Waals surface area contributed by atoms with Crippen molar-refractivity contribution in [1.82, 2.24) is 66.1 Å². The number of ether oxygens (including phenoxy) is 2. The number of nitrogens with two attached hydrogens (primary N) is 5. The van der Waals surface area contributed by atoms with E-state index in [1.165, 1.54) is 57.8 Å². The van der Waals surface area contributed by atoms with Crippen LogP contribution >= 0.6 is 0 Å². The summed E-state index contributed by atoms with van der Waals surface area (Å²) in [4.78, 5) is 44.8. The van der Waals surface area contributed by atoms with Gasteiger partial charge in [0.15, 0.2) is 17.5 Å². The minimum absolute atomic E-state index is 0.00914. The maximum absolute atomic E-state index is 12.1. The predicted molar refractivity (Wildman–Crippen MR) is 323 cm³/mol. The largest absolute Gasteiger partial charge is 0.444 e. The van der Waals surface area contributed by atoms with E-state index < -0.39 is 11.2 Å². The van der Waals surface area contributed by atoms with Crippen LogP contribution in [0.3, 0.4) is 0 Å². The monoisotopic (exact) mass is 1150 g/mol. The topological polar surface area (TPSA) is 381 Å². The molecule has 8 heterocycles. The van der Waals surface area contributed by atoms with Crippen molar-refractivity contribution in [2.24, 2.45) is 0 Å². The molecule has 0 aromatic carbocycles. The van der Waals surface area contributed by atoms with Gasteiger partial charge in [-0.05, 0) is 142 Å². The van der Waals surface area contributed by atoms with Gasteiger partial charge in [-0.25, -0.2) is 9.59 Å². The Labute approximate surface area is 486 Å². The van der Waals surface area contributed by atoms with Gasteiger partial charge in [-0.15, -0.1) is 51.0 Å². The number of nitrogens with one attached hydrogen (secondary N) is 3. The summed E-state index contributed by atoms with van der Waals surface area (Å²) in [6.45, 7) is 20.8. The van der Waals surface area contributed by atoms with Gasteiger partial charge in [-0.3, -0.25) is 4.79 Å². The summed E-state index contributed by atoms with van der Waals surface area (Å²) >= 11 is 0. The third-order valence-electron chi connectivity index (χ3n) is 13.6. The van der Waals surface area contributed by atoms with Crippen LogP contribution in [0.2, 0.25) is 0 Å². The van der Waals surface area contributed by atoms with Crippen LogP contribution in [0, 0.1) is 0 Å². The van der Waals surface area contributed by atoms with Gasteiger partial charge in [0.25, 0.3) is 0 Å². The molecule has 5 aromatic heterocycles. The first-order chi connectivity index (χ1) is 39.5. The highest BCUT2D eigenvalue weighted by molar-refractivity contribution is 5.82. The van der Waals surface area contributed by atoms with Crippen molar-refractivity contribution >= 4 is 76.3 Å². The number of nitrogens with zero attached hydrogens (tertiary/aromatic N) is 15. The fourth-order valence-electron chi connectivity index (χ4n) is 9.47. The van der Waals surface area contributed by atoms with E-state index in [4.69, 9.17) is 38.1 Å². The standard InChI is InChI=1S/2C14H23N5O2.C10H16N4.C9H14N4.C8H11N5O/c2*1-10-9-18(13(20)21-14(2,3)4)7-8-19(10)12-6-5-11(15)16-17-12;11-9-6-7-10(14-13-9)12-8-4-2-1-3-5-8;10-8-5-6-9(13-12-8)11-7-3-1-2-4-7;9-6-1-2-7(12-11-6)13-4-3-10-8(14)5-13/h2*5-6,10H,7-9H2,1-4H3,(H2,15,16);6-8H,1-5H2,(H2,11,13)(H,12,14);5-7H,1-4H2,(H2,10,12)(H,11,13);1-2H,3-5H2,(H2,9,11)(H,10,14)/t2*10-;;;/m10.../s1. The molecule has 2 atom stereocenters. The van der Waals surface area contributed by atoms with E-state index in [9.17, 15) is 14.4 Å². The smallest absolute Gasteiger partial charge is 0.410 e. The molecule has 28 nitrogen and oxygen atoms in total. The minimum atomic E-state index is -0.472. The molecule has 5 aliphatic rings. The van der Waals surface area contributed by atoms with Gasteiger partial charge in [0, 0.05) is 76.5 Å². The number of carbonyl (C=O) groups is 3. The maximum Gasteiger partial charge on any atom is 0.410 e. The zero-order valence-corrected chi connectivity index (χ0v) is 49.4. The van der Waals surface area contributed by atoms with Crippen molar-refractivity contribution in [2.45, 2.75) is 149 Å². The maximum atomic E-state index is 12.1. The lowest BCUT2D eigenvalue weighted by Gasteiger charge is -2.40. The van der Waals surface area contributed by atoms with Crippen molar-refractivity contribution in [3.8, 4) is 0 Å². The molecule has 10 rings (SSSR count). The van der Waals surface area contributed by atoms with Crippen LogP contribution in [0.4, 0.5) is 67.8 Å². The first-order valence-electron chi connectivity index (χ1n) is 28.5. The third-order valence-corrected chi connectivity index (χ3v) is 13.6. The van der Waals surface area contributed by atoms with Crippen LogP contribution in [0.15, 0.2) is 60.7 Å². The lowest BCUT2D eigenvalue weighted by Crippen LogP contribution is -2.54. The van der Waals surface area contributed by atoms with Gasteiger partial charge in [-0.1, -0.05) is 32.1 Å². The molecule has 0 bridgehead atoms. The number of amides is 3. The van der Waals surface area contributed by atoms with Crippen LogP contribution in [-0.4, -0.2) is 173 Å². The normalized spacial score (nSPS) is 18.5. The molecule has 3 amide bonds. The molecular weight excluding hydrogens is 1060 g/mol. The number of hydrogen-bond acceptors (Lipinski definition) is 25. The second-order valence-corrected chi connectivity index (χ2v) is 23.0. The van der Waals surface area contributed by atoms with E-state index in [2.05, 4.69) is 90.6 Å². The van der Waals surface area contributed by atoms with Crippen LogP contribution in [-0.2, 0) is 14.3 Å². The molecule has 2 aliphatic carbocycles. The van der Waals surface area contributed by atoms with E-state index >= 15 is 0 Å². The average Bonchev–Trinajstić information content (AvgIpc) is 3.98. The summed E-state index contributed by atoms with van der Waals surface area (Å²) in [7, 11) is 0. The quantitative estimate of drug-likeness (QED) is 0.103. The number of aromatic nitrogens is 10. The lowest BCUT2D eigenvalue weighted by atomic mass is 9.95. The molecule has 452 valence electrons. The molecule has 2 saturated carbocycles. The number of hydrogen-bond donors (Lipinski definition) is 8. The summed E-state index contributed by atoms with van der Waals surface area (Å²) in [6.07, 6.45) is 11.1. The fourth-order valence-corrected chi connectivity index (χ4v) is 9.47. The first kappa shape index (κ1) is 63.6. The number of anilines is 10. The van der Waals surface area contributed by atoms with Crippen LogP contribution in [0.1, 0.15) is 113 Å². The van der Waals surface area contributed by atoms with Gasteiger partial charge in [0.05, 0.1) is 6.54 Å². The molecule has 0 unspecified atom stereocenters. The number of nitrogen functional groups attached to an aromatic ring is 5. The van der Waals surface area contributed by atoms with E-state index in [1.807, 2.05) is 70.7 Å². The molecule has 5 aromatic rings. The number of rotatable bonds is 7. The second-order valence-electron chi connectivity index (χ2n) is 23.0. The van der Waals surface area contributed by atoms with Crippen molar-refractivity contribution in [1.29, 1.82) is 0 Å². The van der Waals surface area contributed by atoms with Gasteiger partial charge in [-0.2, -0.15) is 0 Å². The molecule has 13 N–H and O–H groups in total. The molecule has 0 radical (unpaired) electrons. The third kappa shape index (κ3) is 22.0. The highest BCUT2D eigenvalue weighted by Crippen LogP contribution is 2.24. The molecule has 28 heteroatoms. The highest BCUT2D eigenvalue weighted by Gasteiger charge is 2.32. The molecule has 3 aliphatic heterocycles. The summed E-state index contributed by atoms with van der Waals surface area (Å²) in [5.41, 5.74) is 26.5. The molecule has 0 spiro atoms. The molecule has 3 saturated heterocycles. The minimum Gasteiger partial charge on any atom is -0.444 e. The SMILES string of the molecule is C[C@@H]1CN(C(=O)OC(C)(C)C)CCN1c1ccc(N)nn1.C[C@H]1CN(C(=O)OC(C)(C)C)CCN1c1ccc(N)nn1.Nc1ccc(N2CCNC(=O)C2)nn1.Nc1ccc(NC2CCCC2)nn1.Nc1ccc(NC2CCCCC2)nn1. The van der Waals surface area contributed by atoms with Gasteiger partial charge in [0.1, 0.15) is 51.9 Å². The van der Waals surface area contributed by atoms with Crippen molar-refractivity contribution in [2.75, 3.05) is 113 Å². The Morgan fingerprint density at radius 1 is 0.494 bits per heavy atom. The summed E-state index contributed by atoms with van der Waals surface area (Å²) in [6, 6.07) is 19.3. The fraction of sp³-hybridized carbons (Fsp3) is 0.582. The lowest BCUT2D eigenvalue weighted by molar-refractivity contribution is -0.120. The predicted octanol–water partition coefficient (Wildman–Crippen LogP) is 5.22. The second kappa shape index (κ2) is 30.5. The number of piperazine rings is 3. The Kier molecular flexibility index (Phi) is 23.3. The highest BCUT2D eigenvalue weighted by atomic mass is 16.6. The van der Waals surface area contributed by atoms with Gasteiger partial charge < -0.3 is 78.6 Å². The van der Waals surface area contributed by atoms with Gasteiger partial charge >= 0.3 is 12.2 Å².